The first-order valence-electron chi connectivity index (χ1n) is 6.97. The van der Waals surface area contributed by atoms with E-state index in [4.69, 9.17) is 11.6 Å². The van der Waals surface area contributed by atoms with Gasteiger partial charge in [0.2, 0.25) is 5.91 Å². The van der Waals surface area contributed by atoms with Crippen molar-refractivity contribution in [2.24, 2.45) is 0 Å². The molecule has 0 fully saturated rings. The van der Waals surface area contributed by atoms with Gasteiger partial charge in [-0.05, 0) is 36.4 Å². The summed E-state index contributed by atoms with van der Waals surface area (Å²) in [7, 11) is 1.82. The van der Waals surface area contributed by atoms with Crippen LogP contribution in [-0.4, -0.2) is 24.4 Å². The Balaban J connectivity index is 1.80. The number of hydrogen-bond donors (Lipinski definition) is 1. The Morgan fingerprint density at radius 3 is 2.73 bits per heavy atom. The zero-order valence-electron chi connectivity index (χ0n) is 12.4. The molecule has 0 aromatic heterocycles. The first-order chi connectivity index (χ1) is 10.5. The van der Waals surface area contributed by atoms with Gasteiger partial charge in [0.25, 0.3) is 0 Å². The summed E-state index contributed by atoms with van der Waals surface area (Å²) in [5, 5.41) is 3.46. The third-order valence-corrected chi connectivity index (χ3v) is 3.56. The highest BCUT2D eigenvalue weighted by Gasteiger charge is 2.08. The van der Waals surface area contributed by atoms with Crippen molar-refractivity contribution in [3.8, 4) is 0 Å². The number of halogens is 2. The molecular formula is C17H18ClFN2O. The predicted octanol–water partition coefficient (Wildman–Crippen LogP) is 3.23. The van der Waals surface area contributed by atoms with Gasteiger partial charge in [-0.15, -0.1) is 0 Å². The fraction of sp³-hybridized carbons (Fsp3) is 0.235. The average molecular weight is 321 g/mol. The van der Waals surface area contributed by atoms with Crippen LogP contribution in [0.2, 0.25) is 5.02 Å². The Labute approximate surface area is 134 Å². The maximum Gasteiger partial charge on any atom is 0.234 e. The second kappa shape index (κ2) is 7.92. The summed E-state index contributed by atoms with van der Waals surface area (Å²) in [6.45, 7) is 1.14. The number of amides is 1. The van der Waals surface area contributed by atoms with Crippen molar-refractivity contribution in [2.75, 3.05) is 13.6 Å². The molecule has 2 rings (SSSR count). The van der Waals surface area contributed by atoms with E-state index in [-0.39, 0.29) is 18.3 Å². The molecule has 0 saturated heterocycles. The number of hydrogen-bond acceptors (Lipinski definition) is 2. The van der Waals surface area contributed by atoms with Crippen LogP contribution in [0.5, 0.6) is 0 Å². The molecule has 0 aliphatic heterocycles. The minimum Gasteiger partial charge on any atom is -0.351 e. The predicted molar refractivity (Wildman–Crippen MR) is 86.0 cm³/mol. The maximum absolute atomic E-state index is 13.1. The van der Waals surface area contributed by atoms with E-state index in [9.17, 15) is 9.18 Å². The van der Waals surface area contributed by atoms with Gasteiger partial charge in [0, 0.05) is 18.1 Å². The molecule has 22 heavy (non-hydrogen) atoms. The molecule has 2 aromatic carbocycles. The van der Waals surface area contributed by atoms with Gasteiger partial charge in [0.1, 0.15) is 5.82 Å². The third-order valence-electron chi connectivity index (χ3n) is 3.19. The molecule has 0 saturated carbocycles. The van der Waals surface area contributed by atoms with Crippen molar-refractivity contribution in [3.63, 3.8) is 0 Å². The van der Waals surface area contributed by atoms with Gasteiger partial charge in [0.15, 0.2) is 0 Å². The number of benzene rings is 2. The van der Waals surface area contributed by atoms with E-state index in [1.807, 2.05) is 36.2 Å². The molecule has 0 radical (unpaired) electrons. The Bertz CT molecular complexity index is 648. The minimum absolute atomic E-state index is 0.0983. The van der Waals surface area contributed by atoms with E-state index in [1.165, 1.54) is 12.1 Å². The average Bonchev–Trinajstić information content (AvgIpc) is 2.46. The zero-order chi connectivity index (χ0) is 15.9. The maximum atomic E-state index is 13.1. The van der Waals surface area contributed by atoms with E-state index in [1.54, 1.807) is 12.1 Å². The largest absolute Gasteiger partial charge is 0.351 e. The molecule has 5 heteroatoms. The molecule has 1 N–H and O–H groups in total. The molecule has 0 atom stereocenters. The Kier molecular flexibility index (Phi) is 5.92. The summed E-state index contributed by atoms with van der Waals surface area (Å²) in [6, 6.07) is 13.8. The molecule has 0 bridgehead atoms. The molecule has 2 aromatic rings. The van der Waals surface area contributed by atoms with Gasteiger partial charge in [-0.3, -0.25) is 9.69 Å². The van der Waals surface area contributed by atoms with E-state index in [0.29, 0.717) is 18.1 Å². The van der Waals surface area contributed by atoms with E-state index >= 15 is 0 Å². The van der Waals surface area contributed by atoms with Crippen LogP contribution in [0.4, 0.5) is 4.39 Å². The van der Waals surface area contributed by atoms with Gasteiger partial charge in [-0.25, -0.2) is 4.39 Å². The number of carbonyl (C=O) groups is 1. The fourth-order valence-corrected chi connectivity index (χ4v) is 2.34. The van der Waals surface area contributed by atoms with Crippen LogP contribution < -0.4 is 5.32 Å². The first kappa shape index (κ1) is 16.5. The molecule has 0 aliphatic rings. The van der Waals surface area contributed by atoms with E-state index in [2.05, 4.69) is 5.32 Å². The van der Waals surface area contributed by atoms with Gasteiger partial charge >= 0.3 is 0 Å². The second-order valence-electron chi connectivity index (χ2n) is 5.17. The lowest BCUT2D eigenvalue weighted by atomic mass is 10.2. The summed E-state index contributed by atoms with van der Waals surface area (Å²) < 4.78 is 13.1. The van der Waals surface area contributed by atoms with E-state index < -0.39 is 0 Å². The third kappa shape index (κ3) is 5.13. The lowest BCUT2D eigenvalue weighted by Crippen LogP contribution is -2.34. The fourth-order valence-electron chi connectivity index (χ4n) is 2.14. The number of nitrogens with one attached hydrogen (secondary N) is 1. The monoisotopic (exact) mass is 320 g/mol. The summed E-state index contributed by atoms with van der Waals surface area (Å²) >= 11 is 6.04. The normalized spacial score (nSPS) is 10.7. The van der Waals surface area contributed by atoms with Crippen LogP contribution in [0.15, 0.2) is 48.5 Å². The standard InChI is InChI=1S/C17H18ClFN2O/c1-21(11-13-5-4-7-15(19)9-13)12-17(22)20-10-14-6-2-3-8-16(14)18/h2-9H,10-12H2,1H3,(H,20,22). The highest BCUT2D eigenvalue weighted by atomic mass is 35.5. The molecule has 116 valence electrons. The molecular weight excluding hydrogens is 303 g/mol. The van der Waals surface area contributed by atoms with Crippen LogP contribution in [0, 0.1) is 5.82 Å². The zero-order valence-corrected chi connectivity index (χ0v) is 13.1. The smallest absolute Gasteiger partial charge is 0.234 e. The minimum atomic E-state index is -0.269. The number of carbonyl (C=O) groups excluding carboxylic acids is 1. The summed E-state index contributed by atoms with van der Waals surface area (Å²) in [6.07, 6.45) is 0. The van der Waals surface area contributed by atoms with Crippen molar-refractivity contribution in [1.29, 1.82) is 0 Å². The van der Waals surface area contributed by atoms with Crippen molar-refractivity contribution < 1.29 is 9.18 Å². The van der Waals surface area contributed by atoms with Gasteiger partial charge in [-0.1, -0.05) is 41.9 Å². The second-order valence-corrected chi connectivity index (χ2v) is 5.58. The molecule has 0 heterocycles. The summed E-state index contributed by atoms with van der Waals surface area (Å²) in [5.74, 6) is -0.368. The number of rotatable bonds is 6. The highest BCUT2D eigenvalue weighted by Crippen LogP contribution is 2.14. The first-order valence-corrected chi connectivity index (χ1v) is 7.35. The SMILES string of the molecule is CN(CC(=O)NCc1ccccc1Cl)Cc1cccc(F)c1. The van der Waals surface area contributed by atoms with Crippen LogP contribution >= 0.6 is 11.6 Å². The van der Waals surface area contributed by atoms with Crippen molar-refractivity contribution >= 4 is 17.5 Å². The summed E-state index contributed by atoms with van der Waals surface area (Å²) in [4.78, 5) is 13.8. The summed E-state index contributed by atoms with van der Waals surface area (Å²) in [5.41, 5.74) is 1.71. The quantitative estimate of drug-likeness (QED) is 0.886. The number of nitrogens with zero attached hydrogens (tertiary/aromatic N) is 1. The van der Waals surface area contributed by atoms with Gasteiger partial charge in [0.05, 0.1) is 6.54 Å². The molecule has 0 unspecified atom stereocenters. The van der Waals surface area contributed by atoms with E-state index in [0.717, 1.165) is 11.1 Å². The highest BCUT2D eigenvalue weighted by molar-refractivity contribution is 6.31. The van der Waals surface area contributed by atoms with Crippen molar-refractivity contribution in [2.45, 2.75) is 13.1 Å². The Hall–Kier alpha value is -1.91. The lowest BCUT2D eigenvalue weighted by Gasteiger charge is -2.16. The molecule has 3 nitrogen and oxygen atoms in total. The molecule has 0 aliphatic carbocycles. The van der Waals surface area contributed by atoms with Crippen LogP contribution in [0.1, 0.15) is 11.1 Å². The van der Waals surface area contributed by atoms with Gasteiger partial charge in [-0.2, -0.15) is 0 Å². The van der Waals surface area contributed by atoms with Crippen molar-refractivity contribution in [3.05, 3.63) is 70.5 Å². The lowest BCUT2D eigenvalue weighted by molar-refractivity contribution is -0.122. The Morgan fingerprint density at radius 1 is 1.23 bits per heavy atom. The van der Waals surface area contributed by atoms with Crippen LogP contribution in [0.25, 0.3) is 0 Å². The van der Waals surface area contributed by atoms with Crippen molar-refractivity contribution in [1.82, 2.24) is 10.2 Å². The molecule has 1 amide bonds. The van der Waals surface area contributed by atoms with Gasteiger partial charge < -0.3 is 5.32 Å². The molecule has 0 spiro atoms. The number of likely N-dealkylation sites (N-methyl/N-ethyl adjacent to an activating group) is 1. The van der Waals surface area contributed by atoms with Crippen LogP contribution in [-0.2, 0) is 17.9 Å². The topological polar surface area (TPSA) is 32.3 Å². The Morgan fingerprint density at radius 2 is 2.00 bits per heavy atom. The van der Waals surface area contributed by atoms with Crippen LogP contribution in [0.3, 0.4) is 0 Å².